The summed E-state index contributed by atoms with van der Waals surface area (Å²) in [7, 11) is 1.86. The maximum atomic E-state index is 11.3. The number of halogens is 1. The van der Waals surface area contributed by atoms with Gasteiger partial charge in [0, 0.05) is 16.1 Å². The van der Waals surface area contributed by atoms with Crippen LogP contribution < -0.4 is 0 Å². The van der Waals surface area contributed by atoms with Gasteiger partial charge in [-0.15, -0.1) is 0 Å². The highest BCUT2D eigenvalue weighted by Gasteiger charge is 2.31. The number of ether oxygens (including phenoxy) is 2. The maximum absolute atomic E-state index is 11.3. The third-order valence-electron chi connectivity index (χ3n) is 3.15. The van der Waals surface area contributed by atoms with E-state index in [0.29, 0.717) is 19.8 Å². The molecule has 0 bridgehead atoms. The average molecular weight is 315 g/mol. The van der Waals surface area contributed by atoms with Gasteiger partial charge in [-0.1, -0.05) is 13.8 Å². The molecule has 19 heavy (non-hydrogen) atoms. The molecule has 0 unspecified atom stereocenters. The minimum absolute atomic E-state index is 0.0469. The summed E-state index contributed by atoms with van der Waals surface area (Å²) in [6.45, 7) is 11.2. The van der Waals surface area contributed by atoms with Crippen molar-refractivity contribution >= 4 is 19.7 Å². The Hall–Kier alpha value is 0.160. The van der Waals surface area contributed by atoms with E-state index >= 15 is 0 Å². The smallest absolute Gasteiger partial charge is 0.233 e. The van der Waals surface area contributed by atoms with Gasteiger partial charge in [0.15, 0.2) is 0 Å². The molecule has 116 valence electrons. The van der Waals surface area contributed by atoms with E-state index in [4.69, 9.17) is 20.2 Å². The van der Waals surface area contributed by atoms with Crippen LogP contribution in [0, 0.1) is 5.41 Å². The molecule has 0 aliphatic heterocycles. The SMILES string of the molecule is CCC(CC)(COCCOC(C)(C)C)CS(=O)(=O)Cl. The summed E-state index contributed by atoms with van der Waals surface area (Å²) >= 11 is 0. The van der Waals surface area contributed by atoms with Crippen molar-refractivity contribution in [3.05, 3.63) is 0 Å². The van der Waals surface area contributed by atoms with E-state index in [9.17, 15) is 8.42 Å². The van der Waals surface area contributed by atoms with Crippen LogP contribution in [-0.2, 0) is 18.5 Å². The zero-order valence-electron chi connectivity index (χ0n) is 12.7. The summed E-state index contributed by atoms with van der Waals surface area (Å²) in [5.74, 6) is -0.0469. The van der Waals surface area contributed by atoms with E-state index < -0.39 is 14.5 Å². The summed E-state index contributed by atoms with van der Waals surface area (Å²) in [5, 5.41) is 0. The summed E-state index contributed by atoms with van der Waals surface area (Å²) in [6.07, 6.45) is 1.44. The standard InChI is InChI=1S/C13H27ClO4S/c1-6-13(7-2,11-19(14,15)16)10-17-8-9-18-12(3,4)5/h6-11H2,1-5H3. The fraction of sp³-hybridized carbons (Fsp3) is 1.00. The van der Waals surface area contributed by atoms with Crippen LogP contribution >= 0.6 is 10.7 Å². The Balaban J connectivity index is 4.23. The van der Waals surface area contributed by atoms with Gasteiger partial charge in [0.25, 0.3) is 0 Å². The minimum atomic E-state index is -3.51. The molecule has 6 heteroatoms. The predicted octanol–water partition coefficient (Wildman–Crippen LogP) is 3.19. The van der Waals surface area contributed by atoms with Crippen LogP contribution in [0.4, 0.5) is 0 Å². The molecule has 0 spiro atoms. The Morgan fingerprint density at radius 1 is 1.05 bits per heavy atom. The lowest BCUT2D eigenvalue weighted by atomic mass is 9.85. The molecule has 0 aliphatic carbocycles. The topological polar surface area (TPSA) is 52.6 Å². The van der Waals surface area contributed by atoms with Gasteiger partial charge in [0.1, 0.15) is 0 Å². The van der Waals surface area contributed by atoms with Gasteiger partial charge in [-0.05, 0) is 33.6 Å². The fourth-order valence-electron chi connectivity index (χ4n) is 1.76. The largest absolute Gasteiger partial charge is 0.378 e. The van der Waals surface area contributed by atoms with Crippen LogP contribution in [-0.4, -0.2) is 39.6 Å². The highest BCUT2D eigenvalue weighted by Crippen LogP contribution is 2.30. The van der Waals surface area contributed by atoms with E-state index in [2.05, 4.69) is 0 Å². The molecule has 0 aromatic carbocycles. The first-order valence-corrected chi connectivity index (χ1v) is 9.15. The molecule has 0 N–H and O–H groups in total. The van der Waals surface area contributed by atoms with Crippen LogP contribution in [0.3, 0.4) is 0 Å². The van der Waals surface area contributed by atoms with Gasteiger partial charge in [-0.2, -0.15) is 0 Å². The first-order chi connectivity index (χ1) is 8.54. The zero-order chi connectivity index (χ0) is 15.2. The van der Waals surface area contributed by atoms with Gasteiger partial charge in [0.05, 0.1) is 31.2 Å². The second-order valence-corrected chi connectivity index (χ2v) is 8.68. The van der Waals surface area contributed by atoms with Crippen LogP contribution in [0.5, 0.6) is 0 Å². The van der Waals surface area contributed by atoms with Crippen molar-refractivity contribution in [1.29, 1.82) is 0 Å². The molecule has 0 saturated heterocycles. The van der Waals surface area contributed by atoms with E-state index in [1.54, 1.807) is 0 Å². The highest BCUT2D eigenvalue weighted by atomic mass is 35.7. The summed E-state index contributed by atoms with van der Waals surface area (Å²) in [4.78, 5) is 0. The molecule has 0 rings (SSSR count). The average Bonchev–Trinajstić information content (AvgIpc) is 2.24. The molecule has 0 heterocycles. The quantitative estimate of drug-likeness (QED) is 0.484. The number of hydrogen-bond donors (Lipinski definition) is 0. The van der Waals surface area contributed by atoms with Crippen molar-refractivity contribution in [1.82, 2.24) is 0 Å². The number of rotatable bonds is 9. The lowest BCUT2D eigenvalue weighted by molar-refractivity contribution is -0.0474. The third-order valence-corrected chi connectivity index (χ3v) is 4.43. The number of hydrogen-bond acceptors (Lipinski definition) is 4. The predicted molar refractivity (Wildman–Crippen MR) is 79.2 cm³/mol. The van der Waals surface area contributed by atoms with Crippen molar-refractivity contribution < 1.29 is 17.9 Å². The van der Waals surface area contributed by atoms with Gasteiger partial charge >= 0.3 is 0 Å². The molecule has 0 aliphatic rings. The van der Waals surface area contributed by atoms with Crippen molar-refractivity contribution in [2.75, 3.05) is 25.6 Å². The molecule has 4 nitrogen and oxygen atoms in total. The maximum Gasteiger partial charge on any atom is 0.233 e. The highest BCUT2D eigenvalue weighted by molar-refractivity contribution is 8.13. The second-order valence-electron chi connectivity index (χ2n) is 5.90. The van der Waals surface area contributed by atoms with E-state index in [-0.39, 0.29) is 11.4 Å². The Morgan fingerprint density at radius 2 is 1.58 bits per heavy atom. The molecule has 0 radical (unpaired) electrons. The van der Waals surface area contributed by atoms with Gasteiger partial charge in [-0.25, -0.2) is 8.42 Å². The lowest BCUT2D eigenvalue weighted by Crippen LogP contribution is -2.33. The van der Waals surface area contributed by atoms with Crippen LogP contribution in [0.1, 0.15) is 47.5 Å². The van der Waals surface area contributed by atoms with Crippen molar-refractivity contribution in [3.8, 4) is 0 Å². The van der Waals surface area contributed by atoms with E-state index in [1.807, 2.05) is 34.6 Å². The Labute approximate surface area is 122 Å². The first kappa shape index (κ1) is 19.2. The first-order valence-electron chi connectivity index (χ1n) is 6.67. The molecular formula is C13H27ClO4S. The molecule has 0 fully saturated rings. The molecule has 0 saturated carbocycles. The monoisotopic (exact) mass is 314 g/mol. The summed E-state index contributed by atoms with van der Waals surface area (Å²) in [5.41, 5.74) is -0.586. The van der Waals surface area contributed by atoms with Gasteiger partial charge in [-0.3, -0.25) is 0 Å². The third kappa shape index (κ3) is 9.66. The van der Waals surface area contributed by atoms with Crippen molar-refractivity contribution in [2.45, 2.75) is 53.1 Å². The second kappa shape index (κ2) is 7.81. The molecule has 0 aromatic rings. The van der Waals surface area contributed by atoms with Gasteiger partial charge < -0.3 is 9.47 Å². The molecule has 0 amide bonds. The summed E-state index contributed by atoms with van der Waals surface area (Å²) < 4.78 is 33.7. The Kier molecular flexibility index (Phi) is 7.88. The molecular weight excluding hydrogens is 288 g/mol. The Morgan fingerprint density at radius 3 is 1.95 bits per heavy atom. The summed E-state index contributed by atoms with van der Waals surface area (Å²) in [6, 6.07) is 0. The van der Waals surface area contributed by atoms with Crippen LogP contribution in [0.15, 0.2) is 0 Å². The van der Waals surface area contributed by atoms with Crippen molar-refractivity contribution in [3.63, 3.8) is 0 Å². The molecule has 0 aromatic heterocycles. The minimum Gasteiger partial charge on any atom is -0.378 e. The normalized spacial score (nSPS) is 13.8. The van der Waals surface area contributed by atoms with Crippen LogP contribution in [0.2, 0.25) is 0 Å². The fourth-order valence-corrected chi connectivity index (χ4v) is 3.68. The van der Waals surface area contributed by atoms with Gasteiger partial charge in [0.2, 0.25) is 9.05 Å². The Bertz CT molecular complexity index is 342. The van der Waals surface area contributed by atoms with E-state index in [1.165, 1.54) is 0 Å². The molecule has 0 atom stereocenters. The van der Waals surface area contributed by atoms with E-state index in [0.717, 1.165) is 12.8 Å². The van der Waals surface area contributed by atoms with Crippen LogP contribution in [0.25, 0.3) is 0 Å². The zero-order valence-corrected chi connectivity index (χ0v) is 14.2. The van der Waals surface area contributed by atoms with Crippen molar-refractivity contribution in [2.24, 2.45) is 5.41 Å². The lowest BCUT2D eigenvalue weighted by Gasteiger charge is -2.30.